The van der Waals surface area contributed by atoms with E-state index in [2.05, 4.69) is 32.2 Å². The number of pyridine rings is 1. The summed E-state index contributed by atoms with van der Waals surface area (Å²) in [6, 6.07) is 6.88. The fourth-order valence-corrected chi connectivity index (χ4v) is 2.92. The standard InChI is InChI=1S/C14H22N4/c1-2-6-16-14(5-1)18-10-8-17(9-11-18)12-13-4-3-7-15-13/h1-2,5-6,13,15H,3-4,7-12H2. The highest BCUT2D eigenvalue weighted by Gasteiger charge is 2.22. The molecule has 0 radical (unpaired) electrons. The molecule has 1 aromatic heterocycles. The minimum atomic E-state index is 0.728. The van der Waals surface area contributed by atoms with Crippen molar-refractivity contribution in [3.8, 4) is 0 Å². The van der Waals surface area contributed by atoms with Gasteiger partial charge in [-0.05, 0) is 31.5 Å². The molecule has 4 nitrogen and oxygen atoms in total. The van der Waals surface area contributed by atoms with E-state index in [1.54, 1.807) is 0 Å². The predicted octanol–water partition coefficient (Wildman–Crippen LogP) is 0.956. The van der Waals surface area contributed by atoms with Crippen molar-refractivity contribution in [3.63, 3.8) is 0 Å². The summed E-state index contributed by atoms with van der Waals surface area (Å²) < 4.78 is 0. The second kappa shape index (κ2) is 5.67. The lowest BCUT2D eigenvalue weighted by atomic mass is 10.2. The monoisotopic (exact) mass is 246 g/mol. The predicted molar refractivity (Wildman–Crippen MR) is 73.9 cm³/mol. The number of hydrogen-bond acceptors (Lipinski definition) is 4. The highest BCUT2D eigenvalue weighted by molar-refractivity contribution is 5.38. The molecule has 0 aliphatic carbocycles. The van der Waals surface area contributed by atoms with Crippen LogP contribution in [-0.2, 0) is 0 Å². The Balaban J connectivity index is 1.49. The summed E-state index contributed by atoms with van der Waals surface area (Å²) in [5.74, 6) is 1.12. The van der Waals surface area contributed by atoms with Crippen LogP contribution >= 0.6 is 0 Å². The number of hydrogen-bond donors (Lipinski definition) is 1. The SMILES string of the molecule is c1ccc(N2CCN(CC3CCCN3)CC2)nc1. The van der Waals surface area contributed by atoms with Gasteiger partial charge >= 0.3 is 0 Å². The molecule has 3 heterocycles. The summed E-state index contributed by atoms with van der Waals surface area (Å²) in [5, 5.41) is 3.58. The van der Waals surface area contributed by atoms with Crippen molar-refractivity contribution in [2.75, 3.05) is 44.2 Å². The Hall–Kier alpha value is -1.13. The molecule has 0 bridgehead atoms. The van der Waals surface area contributed by atoms with Crippen LogP contribution < -0.4 is 10.2 Å². The van der Waals surface area contributed by atoms with Gasteiger partial charge < -0.3 is 10.2 Å². The number of piperazine rings is 1. The van der Waals surface area contributed by atoms with Gasteiger partial charge in [-0.1, -0.05) is 6.07 Å². The Labute approximate surface area is 109 Å². The quantitative estimate of drug-likeness (QED) is 0.860. The minimum absolute atomic E-state index is 0.728. The molecule has 0 aromatic carbocycles. The van der Waals surface area contributed by atoms with Crippen LogP contribution in [0.15, 0.2) is 24.4 Å². The maximum absolute atomic E-state index is 4.43. The lowest BCUT2D eigenvalue weighted by Crippen LogP contribution is -2.50. The van der Waals surface area contributed by atoms with Gasteiger partial charge in [0.25, 0.3) is 0 Å². The normalized spacial score (nSPS) is 25.6. The lowest BCUT2D eigenvalue weighted by molar-refractivity contribution is 0.235. The third-order valence-corrected chi connectivity index (χ3v) is 3.99. The Morgan fingerprint density at radius 2 is 2.11 bits per heavy atom. The van der Waals surface area contributed by atoms with Gasteiger partial charge in [0.2, 0.25) is 0 Å². The zero-order valence-corrected chi connectivity index (χ0v) is 10.9. The van der Waals surface area contributed by atoms with Crippen molar-refractivity contribution in [2.45, 2.75) is 18.9 Å². The Kier molecular flexibility index (Phi) is 3.76. The number of nitrogens with one attached hydrogen (secondary N) is 1. The topological polar surface area (TPSA) is 31.4 Å². The molecule has 0 saturated carbocycles. The number of anilines is 1. The van der Waals surface area contributed by atoms with Crippen molar-refractivity contribution < 1.29 is 0 Å². The van der Waals surface area contributed by atoms with Gasteiger partial charge in [-0.3, -0.25) is 4.90 Å². The summed E-state index contributed by atoms with van der Waals surface area (Å²) in [6.07, 6.45) is 4.57. The third kappa shape index (κ3) is 2.82. The second-order valence-electron chi connectivity index (χ2n) is 5.27. The smallest absolute Gasteiger partial charge is 0.128 e. The fourth-order valence-electron chi connectivity index (χ4n) is 2.92. The van der Waals surface area contributed by atoms with Crippen molar-refractivity contribution in [3.05, 3.63) is 24.4 Å². The highest BCUT2D eigenvalue weighted by atomic mass is 15.3. The molecule has 98 valence electrons. The van der Waals surface area contributed by atoms with Gasteiger partial charge in [0, 0.05) is 45.0 Å². The van der Waals surface area contributed by atoms with Gasteiger partial charge in [-0.2, -0.15) is 0 Å². The maximum atomic E-state index is 4.43. The van der Waals surface area contributed by atoms with E-state index in [9.17, 15) is 0 Å². The molecule has 2 aliphatic rings. The first kappa shape index (κ1) is 11.9. The minimum Gasteiger partial charge on any atom is -0.354 e. The third-order valence-electron chi connectivity index (χ3n) is 3.99. The Bertz CT molecular complexity index is 353. The summed E-state index contributed by atoms with van der Waals surface area (Å²) >= 11 is 0. The zero-order valence-electron chi connectivity index (χ0n) is 10.9. The summed E-state index contributed by atoms with van der Waals surface area (Å²) in [5.41, 5.74) is 0. The van der Waals surface area contributed by atoms with Crippen LogP contribution in [0.3, 0.4) is 0 Å². The highest BCUT2D eigenvalue weighted by Crippen LogP contribution is 2.14. The lowest BCUT2D eigenvalue weighted by Gasteiger charge is -2.36. The van der Waals surface area contributed by atoms with Gasteiger partial charge in [-0.15, -0.1) is 0 Å². The molecule has 2 fully saturated rings. The average molecular weight is 246 g/mol. The van der Waals surface area contributed by atoms with E-state index >= 15 is 0 Å². The van der Waals surface area contributed by atoms with Crippen molar-refractivity contribution >= 4 is 5.82 Å². The van der Waals surface area contributed by atoms with Crippen LogP contribution in [-0.4, -0.2) is 55.2 Å². The van der Waals surface area contributed by atoms with Gasteiger partial charge in [-0.25, -0.2) is 4.98 Å². The Morgan fingerprint density at radius 3 is 2.78 bits per heavy atom. The summed E-state index contributed by atoms with van der Waals surface area (Å²) in [7, 11) is 0. The van der Waals surface area contributed by atoms with Crippen molar-refractivity contribution in [1.29, 1.82) is 0 Å². The average Bonchev–Trinajstić information content (AvgIpc) is 2.94. The molecule has 3 rings (SSSR count). The first-order valence-corrected chi connectivity index (χ1v) is 7.03. The van der Waals surface area contributed by atoms with Crippen LogP contribution in [0.1, 0.15) is 12.8 Å². The molecule has 18 heavy (non-hydrogen) atoms. The molecule has 2 aliphatic heterocycles. The molecule has 1 aromatic rings. The first-order chi connectivity index (χ1) is 8.92. The molecular weight excluding hydrogens is 224 g/mol. The zero-order chi connectivity index (χ0) is 12.2. The van der Waals surface area contributed by atoms with E-state index < -0.39 is 0 Å². The molecule has 1 atom stereocenters. The molecular formula is C14H22N4. The van der Waals surface area contributed by atoms with E-state index in [-0.39, 0.29) is 0 Å². The second-order valence-corrected chi connectivity index (χ2v) is 5.27. The number of aromatic nitrogens is 1. The molecule has 4 heteroatoms. The maximum Gasteiger partial charge on any atom is 0.128 e. The van der Waals surface area contributed by atoms with Crippen LogP contribution in [0.4, 0.5) is 5.82 Å². The molecule has 1 N–H and O–H groups in total. The number of rotatable bonds is 3. The van der Waals surface area contributed by atoms with E-state index in [0.29, 0.717) is 0 Å². The fraction of sp³-hybridized carbons (Fsp3) is 0.643. The van der Waals surface area contributed by atoms with Crippen LogP contribution in [0.2, 0.25) is 0 Å². The summed E-state index contributed by atoms with van der Waals surface area (Å²) in [6.45, 7) is 6.95. The largest absolute Gasteiger partial charge is 0.354 e. The van der Waals surface area contributed by atoms with E-state index in [4.69, 9.17) is 0 Å². The molecule has 2 saturated heterocycles. The van der Waals surface area contributed by atoms with Gasteiger partial charge in [0.15, 0.2) is 0 Å². The molecule has 1 unspecified atom stereocenters. The van der Waals surface area contributed by atoms with E-state index in [1.807, 2.05) is 12.3 Å². The van der Waals surface area contributed by atoms with Crippen LogP contribution in [0.25, 0.3) is 0 Å². The van der Waals surface area contributed by atoms with Gasteiger partial charge in [0.1, 0.15) is 5.82 Å². The van der Waals surface area contributed by atoms with Crippen molar-refractivity contribution in [2.24, 2.45) is 0 Å². The number of nitrogens with zero attached hydrogens (tertiary/aromatic N) is 3. The Morgan fingerprint density at radius 1 is 1.22 bits per heavy atom. The molecule has 0 spiro atoms. The van der Waals surface area contributed by atoms with Crippen molar-refractivity contribution in [1.82, 2.24) is 15.2 Å². The summed E-state index contributed by atoms with van der Waals surface area (Å²) in [4.78, 5) is 9.40. The van der Waals surface area contributed by atoms with Gasteiger partial charge in [0.05, 0.1) is 0 Å². The van der Waals surface area contributed by atoms with Crippen LogP contribution in [0.5, 0.6) is 0 Å². The van der Waals surface area contributed by atoms with Crippen LogP contribution in [0, 0.1) is 0 Å². The van der Waals surface area contributed by atoms with E-state index in [1.165, 1.54) is 25.9 Å². The first-order valence-electron chi connectivity index (χ1n) is 7.03. The van der Waals surface area contributed by atoms with E-state index in [0.717, 1.165) is 38.0 Å². The molecule has 0 amide bonds.